The Bertz CT molecular complexity index is 432. The van der Waals surface area contributed by atoms with Crippen LogP contribution in [0.4, 0.5) is 0 Å². The van der Waals surface area contributed by atoms with E-state index >= 15 is 0 Å². The summed E-state index contributed by atoms with van der Waals surface area (Å²) in [5.74, 6) is 1.04. The average Bonchev–Trinajstić information content (AvgIpc) is 2.38. The van der Waals surface area contributed by atoms with Gasteiger partial charge in [0.25, 0.3) is 0 Å². The minimum absolute atomic E-state index is 0.134. The van der Waals surface area contributed by atoms with Crippen molar-refractivity contribution in [1.29, 1.82) is 0 Å². The van der Waals surface area contributed by atoms with Crippen molar-refractivity contribution in [2.75, 3.05) is 14.2 Å². The first-order valence-corrected chi connectivity index (χ1v) is 6.90. The van der Waals surface area contributed by atoms with Gasteiger partial charge in [-0.25, -0.2) is 0 Å². The van der Waals surface area contributed by atoms with Gasteiger partial charge in [-0.1, -0.05) is 29.8 Å². The molecule has 0 N–H and O–H groups in total. The van der Waals surface area contributed by atoms with E-state index < -0.39 is 0 Å². The molecule has 1 atom stereocenters. The summed E-state index contributed by atoms with van der Waals surface area (Å²) in [5.41, 5.74) is 0.966. The van der Waals surface area contributed by atoms with Crippen LogP contribution < -0.4 is 14.2 Å². The molecular weight excluding hydrogens is 312 g/mol. The van der Waals surface area contributed by atoms with Crippen molar-refractivity contribution < 1.29 is 19.0 Å². The number of ether oxygens (including phenoxy) is 3. The van der Waals surface area contributed by atoms with Crippen LogP contribution in [0.2, 0.25) is 0 Å². The smallest absolute Gasteiger partial charge is 0.325 e. The standard InChI is InChI=1S/C14H19BrO4/c1-8(2)12(15)14(16)19-13-10(17-4)6-9(3)7-11(13)18-5/h6-8,12H,1-5H3. The maximum Gasteiger partial charge on any atom is 0.325 e. The molecule has 0 heterocycles. The fourth-order valence-electron chi connectivity index (χ4n) is 1.54. The van der Waals surface area contributed by atoms with Crippen LogP contribution >= 0.6 is 15.9 Å². The predicted octanol–water partition coefficient (Wildman–Crippen LogP) is 3.34. The first-order chi connectivity index (χ1) is 8.90. The molecule has 1 unspecified atom stereocenters. The first kappa shape index (κ1) is 15.8. The lowest BCUT2D eigenvalue weighted by Gasteiger charge is -2.17. The molecule has 5 heteroatoms. The molecule has 1 rings (SSSR count). The summed E-state index contributed by atoms with van der Waals surface area (Å²) < 4.78 is 15.9. The maximum absolute atomic E-state index is 12.0. The maximum atomic E-state index is 12.0. The third-order valence-corrected chi connectivity index (χ3v) is 4.05. The summed E-state index contributed by atoms with van der Waals surface area (Å²) in [7, 11) is 3.05. The van der Waals surface area contributed by atoms with E-state index in [9.17, 15) is 4.79 Å². The lowest BCUT2D eigenvalue weighted by atomic mass is 10.1. The summed E-state index contributed by atoms with van der Waals surface area (Å²) in [6.45, 7) is 5.78. The van der Waals surface area contributed by atoms with E-state index in [4.69, 9.17) is 14.2 Å². The van der Waals surface area contributed by atoms with Crippen LogP contribution in [0.15, 0.2) is 12.1 Å². The number of aryl methyl sites for hydroxylation is 1. The third kappa shape index (κ3) is 3.86. The third-order valence-electron chi connectivity index (χ3n) is 2.62. The Balaban J connectivity index is 3.09. The Labute approximate surface area is 122 Å². The molecule has 0 saturated carbocycles. The quantitative estimate of drug-likeness (QED) is 0.472. The zero-order valence-electron chi connectivity index (χ0n) is 11.8. The Morgan fingerprint density at radius 2 is 1.63 bits per heavy atom. The minimum Gasteiger partial charge on any atom is -0.493 e. The van der Waals surface area contributed by atoms with Crippen LogP contribution in [0.3, 0.4) is 0 Å². The van der Waals surface area contributed by atoms with Crippen LogP contribution in [-0.2, 0) is 4.79 Å². The number of hydrogen-bond donors (Lipinski definition) is 0. The van der Waals surface area contributed by atoms with Gasteiger partial charge in [0.2, 0.25) is 5.75 Å². The number of carbonyl (C=O) groups is 1. The molecule has 106 valence electrons. The highest BCUT2D eigenvalue weighted by Crippen LogP contribution is 2.39. The van der Waals surface area contributed by atoms with Gasteiger partial charge in [0.15, 0.2) is 11.5 Å². The molecule has 0 radical (unpaired) electrons. The number of rotatable bonds is 5. The molecule has 1 aromatic rings. The lowest BCUT2D eigenvalue weighted by molar-refractivity contribution is -0.134. The van der Waals surface area contributed by atoms with Gasteiger partial charge in [0.05, 0.1) is 14.2 Å². The Kier molecular flexibility index (Phi) is 5.66. The highest BCUT2D eigenvalue weighted by molar-refractivity contribution is 9.10. The van der Waals surface area contributed by atoms with Crippen molar-refractivity contribution in [2.24, 2.45) is 5.92 Å². The first-order valence-electron chi connectivity index (χ1n) is 5.99. The highest BCUT2D eigenvalue weighted by atomic mass is 79.9. The molecular formula is C14H19BrO4. The van der Waals surface area contributed by atoms with Crippen LogP contribution in [-0.4, -0.2) is 25.0 Å². The second-order valence-electron chi connectivity index (χ2n) is 4.57. The Morgan fingerprint density at radius 3 is 2.00 bits per heavy atom. The summed E-state index contributed by atoms with van der Waals surface area (Å²) in [4.78, 5) is 11.6. The zero-order chi connectivity index (χ0) is 14.6. The van der Waals surface area contributed by atoms with Crippen molar-refractivity contribution in [3.8, 4) is 17.2 Å². The van der Waals surface area contributed by atoms with Gasteiger partial charge in [-0.05, 0) is 30.5 Å². The number of halogens is 1. The molecule has 0 aliphatic rings. The largest absolute Gasteiger partial charge is 0.493 e. The van der Waals surface area contributed by atoms with E-state index in [1.165, 1.54) is 14.2 Å². The highest BCUT2D eigenvalue weighted by Gasteiger charge is 2.24. The molecule has 0 amide bonds. The van der Waals surface area contributed by atoms with Crippen LogP contribution in [0, 0.1) is 12.8 Å². The second kappa shape index (κ2) is 6.80. The van der Waals surface area contributed by atoms with Gasteiger partial charge in [0, 0.05) is 0 Å². The molecule has 0 aliphatic heterocycles. The second-order valence-corrected chi connectivity index (χ2v) is 5.55. The molecule has 0 bridgehead atoms. The van der Waals surface area contributed by atoms with E-state index in [1.54, 1.807) is 12.1 Å². The van der Waals surface area contributed by atoms with E-state index in [2.05, 4.69) is 15.9 Å². The van der Waals surface area contributed by atoms with Gasteiger partial charge in [-0.2, -0.15) is 0 Å². The van der Waals surface area contributed by atoms with Crippen molar-refractivity contribution in [3.63, 3.8) is 0 Å². The van der Waals surface area contributed by atoms with E-state index in [-0.39, 0.29) is 16.7 Å². The molecule has 4 nitrogen and oxygen atoms in total. The molecule has 0 aromatic heterocycles. The normalized spacial score (nSPS) is 12.2. The van der Waals surface area contributed by atoms with Crippen molar-refractivity contribution in [3.05, 3.63) is 17.7 Å². The summed E-state index contributed by atoms with van der Waals surface area (Å²) in [6.07, 6.45) is 0. The fourth-order valence-corrected chi connectivity index (χ4v) is 1.63. The number of carbonyl (C=O) groups excluding carboxylic acids is 1. The van der Waals surface area contributed by atoms with Gasteiger partial charge in [-0.3, -0.25) is 4.79 Å². The van der Waals surface area contributed by atoms with Crippen molar-refractivity contribution in [2.45, 2.75) is 25.6 Å². The topological polar surface area (TPSA) is 44.8 Å². The zero-order valence-corrected chi connectivity index (χ0v) is 13.4. The Hall–Kier alpha value is -1.23. The van der Waals surface area contributed by atoms with Crippen molar-refractivity contribution in [1.82, 2.24) is 0 Å². The van der Waals surface area contributed by atoms with E-state index in [1.807, 2.05) is 20.8 Å². The minimum atomic E-state index is -0.372. The molecule has 0 fully saturated rings. The molecule has 19 heavy (non-hydrogen) atoms. The Morgan fingerprint density at radius 1 is 1.16 bits per heavy atom. The number of esters is 1. The van der Waals surface area contributed by atoms with Crippen molar-refractivity contribution >= 4 is 21.9 Å². The van der Waals surface area contributed by atoms with Crippen LogP contribution in [0.25, 0.3) is 0 Å². The molecule has 0 saturated heterocycles. The van der Waals surface area contributed by atoms with Gasteiger partial charge < -0.3 is 14.2 Å². The molecule has 0 spiro atoms. The van der Waals surface area contributed by atoms with Gasteiger partial charge >= 0.3 is 5.97 Å². The van der Waals surface area contributed by atoms with Gasteiger partial charge in [-0.15, -0.1) is 0 Å². The van der Waals surface area contributed by atoms with Gasteiger partial charge in [0.1, 0.15) is 4.83 Å². The summed E-state index contributed by atoms with van der Waals surface area (Å²) >= 11 is 3.32. The monoisotopic (exact) mass is 330 g/mol. The number of methoxy groups -OCH3 is 2. The number of alkyl halides is 1. The fraction of sp³-hybridized carbons (Fsp3) is 0.500. The van der Waals surface area contributed by atoms with E-state index in [0.29, 0.717) is 17.2 Å². The number of benzene rings is 1. The van der Waals surface area contributed by atoms with E-state index in [0.717, 1.165) is 5.56 Å². The predicted molar refractivity (Wildman–Crippen MR) is 77.5 cm³/mol. The van der Waals surface area contributed by atoms with Crippen LogP contribution in [0.1, 0.15) is 19.4 Å². The van der Waals surface area contributed by atoms with Crippen LogP contribution in [0.5, 0.6) is 17.2 Å². The lowest BCUT2D eigenvalue weighted by Crippen LogP contribution is -2.25. The molecule has 1 aromatic carbocycles. The summed E-state index contributed by atoms with van der Waals surface area (Å²) in [5, 5.41) is 0. The average molecular weight is 331 g/mol. The number of hydrogen-bond acceptors (Lipinski definition) is 4. The SMILES string of the molecule is COc1cc(C)cc(OC)c1OC(=O)C(Br)C(C)C. The summed E-state index contributed by atoms with van der Waals surface area (Å²) in [6, 6.07) is 3.59. The molecule has 0 aliphatic carbocycles.